The van der Waals surface area contributed by atoms with Crippen LogP contribution >= 0.6 is 0 Å². The van der Waals surface area contributed by atoms with E-state index in [-0.39, 0.29) is 0 Å². The molecule has 0 aliphatic rings. The van der Waals surface area contributed by atoms with E-state index in [9.17, 15) is 0 Å². The van der Waals surface area contributed by atoms with Crippen LogP contribution in [0.1, 0.15) is 11.5 Å². The van der Waals surface area contributed by atoms with Gasteiger partial charge in [0.15, 0.2) is 0 Å². The highest BCUT2D eigenvalue weighted by Crippen LogP contribution is 2.34. The van der Waals surface area contributed by atoms with Crippen LogP contribution in [-0.4, -0.2) is 50.1 Å². The number of anilines is 2. The molecule has 0 aliphatic carbocycles. The van der Waals surface area contributed by atoms with E-state index in [4.69, 9.17) is 14.5 Å². The van der Waals surface area contributed by atoms with Crippen LogP contribution in [0.3, 0.4) is 0 Å². The zero-order valence-electron chi connectivity index (χ0n) is 21.1. The van der Waals surface area contributed by atoms with E-state index in [1.165, 1.54) is 0 Å². The Kier molecular flexibility index (Phi) is 6.28. The van der Waals surface area contributed by atoms with E-state index in [1.807, 2.05) is 50.6 Å². The number of hydrogen-bond donors (Lipinski definition) is 0. The molecule has 0 saturated carbocycles. The summed E-state index contributed by atoms with van der Waals surface area (Å²) in [5.74, 6) is 2.44. The van der Waals surface area contributed by atoms with Crippen molar-refractivity contribution in [3.05, 3.63) is 72.7 Å². The van der Waals surface area contributed by atoms with Crippen molar-refractivity contribution in [1.29, 1.82) is 0 Å². The summed E-state index contributed by atoms with van der Waals surface area (Å²) in [6.45, 7) is 5.56. The second-order valence-corrected chi connectivity index (χ2v) is 8.65. The number of imidazole rings is 1. The van der Waals surface area contributed by atoms with Crippen molar-refractivity contribution >= 4 is 22.4 Å². The molecule has 5 rings (SSSR count). The predicted octanol–water partition coefficient (Wildman–Crippen LogP) is 4.70. The third-order valence-corrected chi connectivity index (χ3v) is 6.29. The molecular formula is C27H29N7O2. The monoisotopic (exact) mass is 483 g/mol. The van der Waals surface area contributed by atoms with Crippen LogP contribution < -0.4 is 14.4 Å². The van der Waals surface area contributed by atoms with E-state index in [0.717, 1.165) is 63.2 Å². The highest BCUT2D eigenvalue weighted by atomic mass is 16.5. The van der Waals surface area contributed by atoms with Crippen molar-refractivity contribution < 1.29 is 9.47 Å². The number of aromatic nitrogens is 6. The van der Waals surface area contributed by atoms with Crippen LogP contribution in [0.25, 0.3) is 22.3 Å². The van der Waals surface area contributed by atoms with Crippen molar-refractivity contribution in [3.8, 4) is 22.8 Å². The molecule has 0 amide bonds. The molecule has 0 atom stereocenters. The Labute approximate surface area is 210 Å². The molecule has 9 heteroatoms. The van der Waals surface area contributed by atoms with Gasteiger partial charge in [0.25, 0.3) is 0 Å². The smallest absolute Gasteiger partial charge is 0.124 e. The van der Waals surface area contributed by atoms with Crippen LogP contribution in [0.4, 0.5) is 11.4 Å². The third kappa shape index (κ3) is 4.59. The van der Waals surface area contributed by atoms with Crippen molar-refractivity contribution in [2.75, 3.05) is 25.7 Å². The van der Waals surface area contributed by atoms with Crippen molar-refractivity contribution in [1.82, 2.24) is 29.3 Å². The summed E-state index contributed by atoms with van der Waals surface area (Å²) < 4.78 is 15.1. The van der Waals surface area contributed by atoms with Crippen LogP contribution in [0.15, 0.2) is 61.2 Å². The minimum absolute atomic E-state index is 0.704. The maximum Gasteiger partial charge on any atom is 0.124 e. The molecule has 0 unspecified atom stereocenters. The van der Waals surface area contributed by atoms with E-state index in [0.29, 0.717) is 6.54 Å². The molecule has 184 valence electrons. The highest BCUT2D eigenvalue weighted by molar-refractivity contribution is 5.82. The zero-order chi connectivity index (χ0) is 25.2. The predicted molar refractivity (Wildman–Crippen MR) is 140 cm³/mol. The first-order valence-corrected chi connectivity index (χ1v) is 11.7. The average Bonchev–Trinajstić information content (AvgIpc) is 3.48. The van der Waals surface area contributed by atoms with Crippen LogP contribution in [0, 0.1) is 13.8 Å². The minimum Gasteiger partial charge on any atom is -0.497 e. The first-order chi connectivity index (χ1) is 17.4. The Balaban J connectivity index is 1.58. The molecule has 3 heterocycles. The Morgan fingerprint density at radius 3 is 2.28 bits per heavy atom. The second kappa shape index (κ2) is 9.69. The van der Waals surface area contributed by atoms with Gasteiger partial charge in [-0.05, 0) is 32.0 Å². The Morgan fingerprint density at radius 2 is 1.64 bits per heavy atom. The fourth-order valence-electron chi connectivity index (χ4n) is 4.34. The molecule has 0 aliphatic heterocycles. The first kappa shape index (κ1) is 23.3. The van der Waals surface area contributed by atoms with Gasteiger partial charge in [0.2, 0.25) is 0 Å². The second-order valence-electron chi connectivity index (χ2n) is 8.65. The van der Waals surface area contributed by atoms with Crippen molar-refractivity contribution in [2.45, 2.75) is 20.4 Å². The molecule has 9 nitrogen and oxygen atoms in total. The summed E-state index contributed by atoms with van der Waals surface area (Å²) >= 11 is 0. The highest BCUT2D eigenvalue weighted by Gasteiger charge is 2.16. The molecule has 2 aromatic carbocycles. The molecule has 36 heavy (non-hydrogen) atoms. The van der Waals surface area contributed by atoms with Gasteiger partial charge in [-0.15, -0.1) is 0 Å². The van der Waals surface area contributed by atoms with Gasteiger partial charge in [0, 0.05) is 73.4 Å². The van der Waals surface area contributed by atoms with Gasteiger partial charge in [-0.25, -0.2) is 9.97 Å². The molecular weight excluding hydrogens is 454 g/mol. The SMILES string of the molecule is COc1cc(OC)cc(N(CCn2c(C)cnc2C)c2ccc3ncc(-c4cnn(C)c4)nc3c2)c1. The van der Waals surface area contributed by atoms with Crippen LogP contribution in [0.5, 0.6) is 11.5 Å². The molecule has 0 spiro atoms. The van der Waals surface area contributed by atoms with Crippen LogP contribution in [0.2, 0.25) is 0 Å². The summed E-state index contributed by atoms with van der Waals surface area (Å²) in [5, 5.41) is 4.26. The Bertz CT molecular complexity index is 1480. The van der Waals surface area contributed by atoms with Gasteiger partial charge in [-0.1, -0.05) is 0 Å². The van der Waals surface area contributed by atoms with Crippen molar-refractivity contribution in [3.63, 3.8) is 0 Å². The molecule has 0 fully saturated rings. The fourth-order valence-corrected chi connectivity index (χ4v) is 4.34. The number of aryl methyl sites for hydroxylation is 3. The van der Waals surface area contributed by atoms with E-state index in [1.54, 1.807) is 31.3 Å². The lowest BCUT2D eigenvalue weighted by Gasteiger charge is -2.27. The lowest BCUT2D eigenvalue weighted by Crippen LogP contribution is -2.23. The molecule has 3 aromatic heterocycles. The fraction of sp³-hybridized carbons (Fsp3) is 0.259. The normalized spacial score (nSPS) is 11.1. The standard InChI is InChI=1S/C27H29N7O2/c1-18-14-28-19(2)33(18)8-9-34(22-10-23(35-4)13-24(11-22)36-5)21-6-7-25-26(12-21)31-27(16-29-25)20-15-30-32(3)17-20/h6-7,10-17H,8-9H2,1-5H3. The number of nitrogens with zero attached hydrogens (tertiary/aromatic N) is 7. The molecule has 0 radical (unpaired) electrons. The maximum absolute atomic E-state index is 5.56. The summed E-state index contributed by atoms with van der Waals surface area (Å²) in [5.41, 5.74) is 6.42. The lowest BCUT2D eigenvalue weighted by atomic mass is 10.2. The van der Waals surface area contributed by atoms with Crippen molar-refractivity contribution in [2.24, 2.45) is 7.05 Å². The van der Waals surface area contributed by atoms with E-state index in [2.05, 4.69) is 43.6 Å². The number of rotatable bonds is 8. The van der Waals surface area contributed by atoms with E-state index < -0.39 is 0 Å². The third-order valence-electron chi connectivity index (χ3n) is 6.29. The summed E-state index contributed by atoms with van der Waals surface area (Å²) in [6, 6.07) is 12.0. The van der Waals surface area contributed by atoms with Gasteiger partial charge in [-0.2, -0.15) is 5.10 Å². The van der Waals surface area contributed by atoms with Gasteiger partial charge in [0.1, 0.15) is 17.3 Å². The quantitative estimate of drug-likeness (QED) is 0.316. The zero-order valence-corrected chi connectivity index (χ0v) is 21.1. The molecule has 0 N–H and O–H groups in total. The number of hydrogen-bond acceptors (Lipinski definition) is 7. The molecule has 0 bridgehead atoms. The van der Waals surface area contributed by atoms with Gasteiger partial charge < -0.3 is 18.9 Å². The summed E-state index contributed by atoms with van der Waals surface area (Å²) in [4.78, 5) is 16.2. The topological polar surface area (TPSA) is 83.1 Å². The number of methoxy groups -OCH3 is 2. The molecule has 0 saturated heterocycles. The summed E-state index contributed by atoms with van der Waals surface area (Å²) in [6.07, 6.45) is 7.42. The molecule has 5 aromatic rings. The first-order valence-electron chi connectivity index (χ1n) is 11.7. The van der Waals surface area contributed by atoms with Gasteiger partial charge in [-0.3, -0.25) is 9.67 Å². The summed E-state index contributed by atoms with van der Waals surface area (Å²) in [7, 11) is 5.21. The maximum atomic E-state index is 5.56. The average molecular weight is 484 g/mol. The minimum atomic E-state index is 0.704. The van der Waals surface area contributed by atoms with Crippen LogP contribution in [-0.2, 0) is 13.6 Å². The number of ether oxygens (including phenoxy) is 2. The van der Waals surface area contributed by atoms with E-state index >= 15 is 0 Å². The van der Waals surface area contributed by atoms with Gasteiger partial charge >= 0.3 is 0 Å². The Morgan fingerprint density at radius 1 is 0.861 bits per heavy atom. The largest absolute Gasteiger partial charge is 0.497 e. The number of fused-ring (bicyclic) bond motifs is 1. The lowest BCUT2D eigenvalue weighted by molar-refractivity contribution is 0.394. The Hall–Kier alpha value is -4.40. The number of benzene rings is 2. The van der Waals surface area contributed by atoms with Gasteiger partial charge in [0.05, 0.1) is 43.3 Å².